The van der Waals surface area contributed by atoms with E-state index in [2.05, 4.69) is 22.1 Å². The van der Waals surface area contributed by atoms with Crippen molar-refractivity contribution < 1.29 is 28.2 Å². The van der Waals surface area contributed by atoms with E-state index in [4.69, 9.17) is 16.3 Å². The number of rotatable bonds is 8. The topological polar surface area (TPSA) is 94.4 Å². The molecule has 3 aliphatic rings. The zero-order chi connectivity index (χ0) is 35.9. The Morgan fingerprint density at radius 1 is 1.06 bits per heavy atom. The van der Waals surface area contributed by atoms with Gasteiger partial charge in [0.1, 0.15) is 11.3 Å². The molecule has 2 atom stereocenters. The predicted octanol–water partition coefficient (Wildman–Crippen LogP) is 6.34. The number of phenols is 1. The molecule has 1 aromatic heterocycles. The number of benzene rings is 3. The van der Waals surface area contributed by atoms with E-state index in [0.29, 0.717) is 52.0 Å². The number of hydrogen-bond donors (Lipinski definition) is 1. The van der Waals surface area contributed by atoms with Gasteiger partial charge >= 0.3 is 6.55 Å². The van der Waals surface area contributed by atoms with Crippen molar-refractivity contribution in [1.29, 1.82) is 0 Å². The minimum atomic E-state index is -2.89. The fourth-order valence-electron chi connectivity index (χ4n) is 7.27. The third-order valence-electron chi connectivity index (χ3n) is 10.3. The van der Waals surface area contributed by atoms with Crippen molar-refractivity contribution in [1.82, 2.24) is 24.5 Å². The Kier molecular flexibility index (Phi) is 9.58. The zero-order valence-electron chi connectivity index (χ0n) is 28.4. The lowest BCUT2D eigenvalue weighted by Crippen LogP contribution is -2.53. The highest BCUT2D eigenvalue weighted by Crippen LogP contribution is 2.42. The molecule has 10 nitrogen and oxygen atoms in total. The molecule has 0 saturated carbocycles. The second kappa shape index (κ2) is 14.1. The first-order valence-electron chi connectivity index (χ1n) is 16.9. The Bertz CT molecular complexity index is 1960. The summed E-state index contributed by atoms with van der Waals surface area (Å²) < 4.78 is 33.2. The van der Waals surface area contributed by atoms with Gasteiger partial charge in [-0.1, -0.05) is 41.9 Å². The summed E-state index contributed by atoms with van der Waals surface area (Å²) in [7, 11) is 1.78. The maximum atomic E-state index is 14.7. The average Bonchev–Trinajstić information content (AvgIpc) is 3.74. The molecule has 4 aromatic rings. The maximum Gasteiger partial charge on any atom is 0.333 e. The molecule has 0 radical (unpaired) electrons. The second-order valence-electron chi connectivity index (χ2n) is 13.4. The average molecular weight is 717 g/mol. The Labute approximate surface area is 300 Å². The minimum Gasteiger partial charge on any atom is -0.508 e. The van der Waals surface area contributed by atoms with Gasteiger partial charge in [0, 0.05) is 66.8 Å². The fraction of sp³-hybridized carbons (Fsp3) is 0.342. The van der Waals surface area contributed by atoms with Crippen molar-refractivity contribution in [2.24, 2.45) is 0 Å². The van der Waals surface area contributed by atoms with E-state index in [9.17, 15) is 23.5 Å². The number of aromatic nitrogens is 2. The first kappa shape index (κ1) is 34.7. The van der Waals surface area contributed by atoms with E-state index in [1.165, 1.54) is 40.9 Å². The van der Waals surface area contributed by atoms with Crippen molar-refractivity contribution in [2.45, 2.75) is 44.4 Å². The number of carbonyl (C=O) groups excluding carboxylic acids is 2. The van der Waals surface area contributed by atoms with Crippen LogP contribution in [-0.2, 0) is 22.5 Å². The highest BCUT2D eigenvalue weighted by atomic mass is 35.5. The van der Waals surface area contributed by atoms with Crippen LogP contribution < -0.4 is 4.90 Å². The smallest absolute Gasteiger partial charge is 0.333 e. The summed E-state index contributed by atoms with van der Waals surface area (Å²) in [6.07, 6.45) is 5.22. The summed E-state index contributed by atoms with van der Waals surface area (Å²) in [5, 5.41) is 14.1. The van der Waals surface area contributed by atoms with Crippen LogP contribution in [0.5, 0.6) is 5.75 Å². The van der Waals surface area contributed by atoms with Crippen LogP contribution in [0.25, 0.3) is 5.70 Å². The lowest BCUT2D eigenvalue weighted by Gasteiger charge is -2.41. The molecule has 1 saturated heterocycles. The quantitative estimate of drug-likeness (QED) is 0.228. The molecule has 51 heavy (non-hydrogen) atoms. The number of alkyl halides is 2. The third kappa shape index (κ3) is 6.71. The lowest BCUT2D eigenvalue weighted by atomic mass is 9.92. The number of amides is 2. The van der Waals surface area contributed by atoms with Crippen LogP contribution in [-0.4, -0.2) is 92.9 Å². The normalized spacial score (nSPS) is 20.7. The van der Waals surface area contributed by atoms with Crippen LogP contribution in [0.3, 0.4) is 0 Å². The van der Waals surface area contributed by atoms with Crippen molar-refractivity contribution in [3.63, 3.8) is 0 Å². The third-order valence-corrected chi connectivity index (χ3v) is 10.5. The maximum absolute atomic E-state index is 14.7. The number of anilines is 2. The van der Waals surface area contributed by atoms with Gasteiger partial charge in [0.15, 0.2) is 0 Å². The first-order chi connectivity index (χ1) is 24.5. The molecule has 2 amide bonds. The SMILES string of the molecule is CN1C(c2cc(Cl)ccc2C(=O)N2Cc3ccccc3C[C@H]2CN2CCOCC2)=CCC1(C)C(=O)N(c1ccc(O)cc1)c1cnn(C(F)F)c1. The molecule has 0 spiro atoms. The van der Waals surface area contributed by atoms with Crippen molar-refractivity contribution in [3.8, 4) is 5.75 Å². The molecule has 1 N–H and O–H groups in total. The highest BCUT2D eigenvalue weighted by Gasteiger charge is 2.46. The molecule has 1 unspecified atom stereocenters. The summed E-state index contributed by atoms with van der Waals surface area (Å²) in [4.78, 5) is 36.8. The van der Waals surface area contributed by atoms with E-state index in [-0.39, 0.29) is 29.8 Å². The highest BCUT2D eigenvalue weighted by molar-refractivity contribution is 6.31. The molecule has 3 aliphatic heterocycles. The van der Waals surface area contributed by atoms with Crippen LogP contribution >= 0.6 is 11.6 Å². The van der Waals surface area contributed by atoms with Gasteiger partial charge in [0.25, 0.3) is 11.8 Å². The summed E-state index contributed by atoms with van der Waals surface area (Å²) in [5.41, 5.74) is 3.36. The van der Waals surface area contributed by atoms with E-state index in [0.717, 1.165) is 37.8 Å². The van der Waals surface area contributed by atoms with Gasteiger partial charge in [-0.3, -0.25) is 19.4 Å². The predicted molar refractivity (Wildman–Crippen MR) is 190 cm³/mol. The number of hydrogen-bond acceptors (Lipinski definition) is 7. The number of aromatic hydroxyl groups is 1. The van der Waals surface area contributed by atoms with Crippen LogP contribution in [0, 0.1) is 0 Å². The summed E-state index contributed by atoms with van der Waals surface area (Å²) in [5.74, 6) is -0.553. The molecule has 13 heteroatoms. The number of ether oxygens (including phenoxy) is 1. The van der Waals surface area contributed by atoms with Crippen LogP contribution in [0.15, 0.2) is 85.2 Å². The van der Waals surface area contributed by atoms with E-state index in [1.807, 2.05) is 28.0 Å². The van der Waals surface area contributed by atoms with E-state index in [1.54, 1.807) is 32.2 Å². The Balaban J connectivity index is 1.21. The molecular formula is C38H39ClF2N6O4. The minimum absolute atomic E-state index is 0.00916. The monoisotopic (exact) mass is 716 g/mol. The summed E-state index contributed by atoms with van der Waals surface area (Å²) in [6.45, 7) is 3.00. The Morgan fingerprint density at radius 2 is 1.78 bits per heavy atom. The van der Waals surface area contributed by atoms with Gasteiger partial charge in [-0.05, 0) is 73.4 Å². The van der Waals surface area contributed by atoms with Crippen molar-refractivity contribution >= 4 is 40.5 Å². The number of carbonyl (C=O) groups is 2. The van der Waals surface area contributed by atoms with Gasteiger partial charge < -0.3 is 19.6 Å². The van der Waals surface area contributed by atoms with Crippen LogP contribution in [0.2, 0.25) is 5.02 Å². The van der Waals surface area contributed by atoms with E-state index >= 15 is 0 Å². The molecular weight excluding hydrogens is 678 g/mol. The number of likely N-dealkylation sites (N-methyl/N-ethyl adjacent to an activating group) is 1. The molecule has 0 aliphatic carbocycles. The number of halogens is 3. The Hall–Kier alpha value is -4.78. The molecule has 266 valence electrons. The van der Waals surface area contributed by atoms with E-state index < -0.39 is 18.0 Å². The van der Waals surface area contributed by atoms with Gasteiger partial charge in [-0.25, -0.2) is 4.68 Å². The number of morpholine rings is 1. The molecule has 7 rings (SSSR count). The van der Waals surface area contributed by atoms with Gasteiger partial charge in [-0.15, -0.1) is 0 Å². The van der Waals surface area contributed by atoms with Gasteiger partial charge in [0.2, 0.25) is 0 Å². The first-order valence-corrected chi connectivity index (χ1v) is 17.3. The second-order valence-corrected chi connectivity index (χ2v) is 13.8. The summed E-state index contributed by atoms with van der Waals surface area (Å²) >= 11 is 6.59. The van der Waals surface area contributed by atoms with Gasteiger partial charge in [-0.2, -0.15) is 13.9 Å². The largest absolute Gasteiger partial charge is 0.508 e. The molecule has 0 bridgehead atoms. The standard InChI is InChI=1S/C38H39ClF2N6O4/c1-38(36(50)47(28-8-10-31(48)11-9-28)30-21-42-46(24-30)37(40)41)14-13-34(43(38)2)33-20-27(39)7-12-32(33)35(49)45-22-26-6-4-3-5-25(26)19-29(45)23-44-15-17-51-18-16-44/h3-13,20-21,24,29,37,48H,14-19,22-23H2,1-2H3/t29-,38?/m0/s1. The lowest BCUT2D eigenvalue weighted by molar-refractivity contribution is -0.126. The van der Waals surface area contributed by atoms with Crippen molar-refractivity contribution in [3.05, 3.63) is 112 Å². The fourth-order valence-corrected chi connectivity index (χ4v) is 7.44. The molecule has 4 heterocycles. The van der Waals surface area contributed by atoms with Gasteiger partial charge in [0.05, 0.1) is 31.3 Å². The summed E-state index contributed by atoms with van der Waals surface area (Å²) in [6, 6.07) is 19.3. The zero-order valence-corrected chi connectivity index (χ0v) is 29.1. The van der Waals surface area contributed by atoms with Crippen LogP contribution in [0.1, 0.15) is 46.9 Å². The number of nitrogens with zero attached hydrogens (tertiary/aromatic N) is 6. The van der Waals surface area contributed by atoms with Crippen LogP contribution in [0.4, 0.5) is 20.2 Å². The molecule has 1 fully saturated rings. The number of phenolic OH excluding ortho intramolecular Hbond substituents is 1. The number of fused-ring (bicyclic) bond motifs is 1. The van der Waals surface area contributed by atoms with Crippen molar-refractivity contribution in [2.75, 3.05) is 44.8 Å². The Morgan fingerprint density at radius 3 is 2.49 bits per heavy atom. The molecule has 3 aromatic carbocycles.